The van der Waals surface area contributed by atoms with Crippen LogP contribution in [0.2, 0.25) is 5.02 Å². The maximum Gasteiger partial charge on any atom is 0.304 e. The Morgan fingerprint density at radius 3 is 3.00 bits per heavy atom. The molecular formula is C13H16ClNO3. The van der Waals surface area contributed by atoms with Crippen molar-refractivity contribution in [2.24, 2.45) is 0 Å². The summed E-state index contributed by atoms with van der Waals surface area (Å²) in [5.41, 5.74) is 0.971. The number of morpholine rings is 1. The molecule has 0 amide bonds. The van der Waals surface area contributed by atoms with Crippen molar-refractivity contribution in [3.05, 3.63) is 34.9 Å². The van der Waals surface area contributed by atoms with Gasteiger partial charge in [-0.1, -0.05) is 29.8 Å². The largest absolute Gasteiger partial charge is 0.481 e. The number of carbonyl (C=O) groups is 1. The maximum absolute atomic E-state index is 10.6. The molecule has 5 heteroatoms. The van der Waals surface area contributed by atoms with Crippen molar-refractivity contribution in [3.8, 4) is 0 Å². The Bertz CT molecular complexity index is 424. The van der Waals surface area contributed by atoms with Crippen LogP contribution in [-0.2, 0) is 9.53 Å². The molecule has 0 aliphatic carbocycles. The van der Waals surface area contributed by atoms with E-state index in [2.05, 4.69) is 4.90 Å². The van der Waals surface area contributed by atoms with E-state index in [9.17, 15) is 4.79 Å². The van der Waals surface area contributed by atoms with Crippen LogP contribution >= 0.6 is 11.6 Å². The number of aliphatic carboxylic acids is 1. The first kappa shape index (κ1) is 13.3. The second-order valence-electron chi connectivity index (χ2n) is 4.33. The van der Waals surface area contributed by atoms with Crippen LogP contribution in [0, 0.1) is 0 Å². The molecule has 1 heterocycles. The van der Waals surface area contributed by atoms with Crippen molar-refractivity contribution < 1.29 is 14.6 Å². The van der Waals surface area contributed by atoms with Crippen LogP contribution in [0.15, 0.2) is 24.3 Å². The van der Waals surface area contributed by atoms with Gasteiger partial charge in [-0.15, -0.1) is 0 Å². The second kappa shape index (κ2) is 6.18. The van der Waals surface area contributed by atoms with Crippen LogP contribution in [0.4, 0.5) is 0 Å². The lowest BCUT2D eigenvalue weighted by atomic mass is 10.1. The van der Waals surface area contributed by atoms with Crippen molar-refractivity contribution in [1.29, 1.82) is 0 Å². The lowest BCUT2D eigenvalue weighted by Crippen LogP contribution is -2.39. The quantitative estimate of drug-likeness (QED) is 0.910. The van der Waals surface area contributed by atoms with Gasteiger partial charge in [0.25, 0.3) is 0 Å². The first-order chi connectivity index (χ1) is 8.66. The summed E-state index contributed by atoms with van der Waals surface area (Å²) in [5, 5.41) is 9.39. The molecule has 1 aromatic rings. The highest BCUT2D eigenvalue weighted by Gasteiger charge is 2.23. The Morgan fingerprint density at radius 2 is 2.28 bits per heavy atom. The van der Waals surface area contributed by atoms with E-state index < -0.39 is 5.97 Å². The van der Waals surface area contributed by atoms with E-state index >= 15 is 0 Å². The molecule has 4 nitrogen and oxygen atoms in total. The number of halogens is 1. The van der Waals surface area contributed by atoms with E-state index in [1.165, 1.54) is 0 Å². The molecule has 1 atom stereocenters. The number of carboxylic acid groups (broad SMARTS) is 1. The Hall–Kier alpha value is -1.10. The van der Waals surface area contributed by atoms with Gasteiger partial charge in [0.1, 0.15) is 0 Å². The monoisotopic (exact) mass is 269 g/mol. The lowest BCUT2D eigenvalue weighted by Gasteiger charge is -2.33. The van der Waals surface area contributed by atoms with Gasteiger partial charge in [0, 0.05) is 30.2 Å². The number of hydrogen-bond acceptors (Lipinski definition) is 3. The maximum atomic E-state index is 10.6. The molecule has 2 rings (SSSR count). The van der Waals surface area contributed by atoms with Crippen molar-refractivity contribution in [3.63, 3.8) is 0 Å². The molecule has 0 unspecified atom stereocenters. The van der Waals surface area contributed by atoms with Crippen LogP contribution in [0.25, 0.3) is 0 Å². The lowest BCUT2D eigenvalue weighted by molar-refractivity contribution is -0.137. The van der Waals surface area contributed by atoms with E-state index in [1.54, 1.807) is 0 Å². The van der Waals surface area contributed by atoms with Gasteiger partial charge in [0.2, 0.25) is 0 Å². The minimum absolute atomic E-state index is 0.0683. The number of ether oxygens (including phenoxy) is 1. The fourth-order valence-electron chi connectivity index (χ4n) is 2.08. The summed E-state index contributed by atoms with van der Waals surface area (Å²) in [7, 11) is 0. The van der Waals surface area contributed by atoms with Crippen LogP contribution in [-0.4, -0.2) is 42.2 Å². The van der Waals surface area contributed by atoms with Crippen molar-refractivity contribution in [2.45, 2.75) is 12.5 Å². The predicted molar refractivity (Wildman–Crippen MR) is 68.8 cm³/mol. The molecule has 0 saturated carbocycles. The molecule has 1 N–H and O–H groups in total. The van der Waals surface area contributed by atoms with Gasteiger partial charge in [0.15, 0.2) is 0 Å². The minimum atomic E-state index is -0.768. The van der Waals surface area contributed by atoms with Gasteiger partial charge in [-0.2, -0.15) is 0 Å². The predicted octanol–water partition coefficient (Wildman–Crippen LogP) is 2.19. The third kappa shape index (κ3) is 3.45. The molecule has 0 spiro atoms. The summed E-state index contributed by atoms with van der Waals surface area (Å²) in [6.45, 7) is 2.63. The number of carboxylic acids is 1. The fraction of sp³-hybridized carbons (Fsp3) is 0.462. The molecule has 1 fully saturated rings. The Balaban J connectivity index is 1.98. The zero-order valence-corrected chi connectivity index (χ0v) is 10.8. The fourth-order valence-corrected chi connectivity index (χ4v) is 2.34. The van der Waals surface area contributed by atoms with Crippen LogP contribution in [0.5, 0.6) is 0 Å². The van der Waals surface area contributed by atoms with Gasteiger partial charge in [-0.05, 0) is 6.07 Å². The van der Waals surface area contributed by atoms with Gasteiger partial charge in [-0.25, -0.2) is 0 Å². The molecular weight excluding hydrogens is 254 g/mol. The summed E-state index contributed by atoms with van der Waals surface area (Å²) in [5.74, 6) is -0.768. The van der Waals surface area contributed by atoms with Crippen molar-refractivity contribution >= 4 is 17.6 Å². The summed E-state index contributed by atoms with van der Waals surface area (Å²) in [6, 6.07) is 7.61. The average Bonchev–Trinajstić information content (AvgIpc) is 2.37. The van der Waals surface area contributed by atoms with Gasteiger partial charge >= 0.3 is 5.97 Å². The van der Waals surface area contributed by atoms with Crippen molar-refractivity contribution in [2.75, 3.05) is 26.2 Å². The first-order valence-electron chi connectivity index (χ1n) is 5.97. The normalized spacial score (nSPS) is 20.8. The minimum Gasteiger partial charge on any atom is -0.481 e. The molecule has 98 valence electrons. The zero-order chi connectivity index (χ0) is 13.0. The number of nitrogens with zero attached hydrogens (tertiary/aromatic N) is 1. The summed E-state index contributed by atoms with van der Waals surface area (Å²) >= 11 is 6.14. The topological polar surface area (TPSA) is 49.8 Å². The highest BCUT2D eigenvalue weighted by Crippen LogP contribution is 2.28. The summed E-state index contributed by atoms with van der Waals surface area (Å²) in [6.07, 6.45) is 0.0937. The standard InChI is InChI=1S/C13H16ClNO3/c14-11-4-2-1-3-10(11)12-9-15(7-8-18-12)6-5-13(16)17/h1-4,12H,5-9H2,(H,16,17)/t12-/m0/s1. The highest BCUT2D eigenvalue weighted by atomic mass is 35.5. The first-order valence-corrected chi connectivity index (χ1v) is 6.35. The number of rotatable bonds is 4. The smallest absolute Gasteiger partial charge is 0.304 e. The third-order valence-electron chi connectivity index (χ3n) is 3.04. The van der Waals surface area contributed by atoms with E-state index in [-0.39, 0.29) is 12.5 Å². The number of benzene rings is 1. The molecule has 0 aromatic heterocycles. The van der Waals surface area contributed by atoms with Crippen molar-refractivity contribution in [1.82, 2.24) is 4.90 Å². The molecule has 0 radical (unpaired) electrons. The zero-order valence-electron chi connectivity index (χ0n) is 10.0. The van der Waals surface area contributed by atoms with Gasteiger partial charge < -0.3 is 9.84 Å². The summed E-state index contributed by atoms with van der Waals surface area (Å²) in [4.78, 5) is 12.7. The molecule has 1 aliphatic heterocycles. The molecule has 18 heavy (non-hydrogen) atoms. The van der Waals surface area contributed by atoms with Gasteiger partial charge in [-0.3, -0.25) is 9.69 Å². The van der Waals surface area contributed by atoms with E-state index in [0.29, 0.717) is 24.7 Å². The molecule has 0 bridgehead atoms. The molecule has 1 aliphatic rings. The summed E-state index contributed by atoms with van der Waals surface area (Å²) < 4.78 is 5.71. The van der Waals surface area contributed by atoms with E-state index in [1.807, 2.05) is 24.3 Å². The van der Waals surface area contributed by atoms with Gasteiger partial charge in [0.05, 0.1) is 19.1 Å². The van der Waals surface area contributed by atoms with E-state index in [0.717, 1.165) is 12.1 Å². The SMILES string of the molecule is O=C(O)CCN1CCO[C@H](c2ccccc2Cl)C1. The molecule has 1 saturated heterocycles. The Kier molecular flexibility index (Phi) is 4.58. The van der Waals surface area contributed by atoms with Crippen LogP contribution in [0.1, 0.15) is 18.1 Å². The average molecular weight is 270 g/mol. The number of hydrogen-bond donors (Lipinski definition) is 1. The molecule has 1 aromatic carbocycles. The van der Waals surface area contributed by atoms with Crippen LogP contribution < -0.4 is 0 Å². The van der Waals surface area contributed by atoms with Crippen LogP contribution in [0.3, 0.4) is 0 Å². The second-order valence-corrected chi connectivity index (χ2v) is 4.73. The Labute approximate surface area is 111 Å². The highest BCUT2D eigenvalue weighted by molar-refractivity contribution is 6.31. The van der Waals surface area contributed by atoms with E-state index in [4.69, 9.17) is 21.4 Å². The third-order valence-corrected chi connectivity index (χ3v) is 3.39. The Morgan fingerprint density at radius 1 is 1.50 bits per heavy atom.